The van der Waals surface area contributed by atoms with E-state index < -0.39 is 0 Å². The van der Waals surface area contributed by atoms with Crippen LogP contribution in [0, 0.1) is 0 Å². The van der Waals surface area contributed by atoms with Gasteiger partial charge in [-0.25, -0.2) is 9.97 Å². The number of halogens is 2. The summed E-state index contributed by atoms with van der Waals surface area (Å²) < 4.78 is 1.07. The second kappa shape index (κ2) is 6.32. The van der Waals surface area contributed by atoms with E-state index in [0.29, 0.717) is 20.6 Å². The van der Waals surface area contributed by atoms with E-state index in [4.69, 9.17) is 0 Å². The van der Waals surface area contributed by atoms with Gasteiger partial charge in [0.25, 0.3) is 5.91 Å². The van der Waals surface area contributed by atoms with Gasteiger partial charge >= 0.3 is 0 Å². The summed E-state index contributed by atoms with van der Waals surface area (Å²) in [4.78, 5) is 22.3. The second-order valence-electron chi connectivity index (χ2n) is 4.23. The molecule has 0 unspecified atom stereocenters. The largest absolute Gasteiger partial charge is 0.378 e. The highest BCUT2D eigenvalue weighted by Crippen LogP contribution is 2.21. The summed E-state index contributed by atoms with van der Waals surface area (Å²) in [5, 5.41) is 2.72. The standard InChI is InChI=1S/C13H12Br2N4O/c1-19(2)9-5-3-4-8(6-9)13(20)18-12-11(15)17-10(14)7-16-12/h3-7H,1-2H3,(H,16,18,20). The molecule has 0 saturated carbocycles. The predicted molar refractivity (Wildman–Crippen MR) is 86.2 cm³/mol. The number of hydrogen-bond acceptors (Lipinski definition) is 4. The number of carbonyl (C=O) groups excluding carboxylic acids is 1. The Morgan fingerprint density at radius 1 is 1.30 bits per heavy atom. The van der Waals surface area contributed by atoms with Gasteiger partial charge in [0.1, 0.15) is 9.21 Å². The zero-order valence-electron chi connectivity index (χ0n) is 10.9. The minimum absolute atomic E-state index is 0.231. The molecular weight excluding hydrogens is 388 g/mol. The maximum absolute atomic E-state index is 12.2. The molecule has 1 amide bonds. The Bertz CT molecular complexity index is 646. The Morgan fingerprint density at radius 3 is 2.70 bits per heavy atom. The van der Waals surface area contributed by atoms with Crippen LogP contribution in [0.4, 0.5) is 11.5 Å². The zero-order chi connectivity index (χ0) is 14.7. The molecule has 0 saturated heterocycles. The first kappa shape index (κ1) is 14.9. The fourth-order valence-corrected chi connectivity index (χ4v) is 2.45. The highest BCUT2D eigenvalue weighted by atomic mass is 79.9. The molecule has 0 aliphatic heterocycles. The summed E-state index contributed by atoms with van der Waals surface area (Å²) >= 11 is 6.47. The predicted octanol–water partition coefficient (Wildman–Crippen LogP) is 3.32. The third kappa shape index (κ3) is 3.55. The third-order valence-corrected chi connectivity index (χ3v) is 3.49. The Kier molecular flexibility index (Phi) is 4.72. The SMILES string of the molecule is CN(C)c1cccc(C(=O)Nc2ncc(Br)nc2Br)c1. The molecule has 0 fully saturated rings. The molecule has 0 spiro atoms. The number of rotatable bonds is 3. The van der Waals surface area contributed by atoms with Crippen LogP contribution >= 0.6 is 31.9 Å². The first-order valence-corrected chi connectivity index (χ1v) is 7.33. The van der Waals surface area contributed by atoms with Crippen molar-refractivity contribution in [1.29, 1.82) is 0 Å². The lowest BCUT2D eigenvalue weighted by molar-refractivity contribution is 0.102. The summed E-state index contributed by atoms with van der Waals surface area (Å²) in [5.41, 5.74) is 1.52. The van der Waals surface area contributed by atoms with Crippen LogP contribution in [0.15, 0.2) is 39.7 Å². The van der Waals surface area contributed by atoms with Crippen molar-refractivity contribution in [3.8, 4) is 0 Å². The number of carbonyl (C=O) groups is 1. The fraction of sp³-hybridized carbons (Fsp3) is 0.154. The van der Waals surface area contributed by atoms with E-state index >= 15 is 0 Å². The van der Waals surface area contributed by atoms with E-state index in [9.17, 15) is 4.79 Å². The fourth-order valence-electron chi connectivity index (χ4n) is 1.54. The van der Waals surface area contributed by atoms with Crippen LogP contribution in [0.3, 0.4) is 0 Å². The van der Waals surface area contributed by atoms with Crippen molar-refractivity contribution in [2.45, 2.75) is 0 Å². The Hall–Kier alpha value is -1.47. The number of amides is 1. The summed E-state index contributed by atoms with van der Waals surface area (Å²) in [6.45, 7) is 0. The highest BCUT2D eigenvalue weighted by Gasteiger charge is 2.11. The lowest BCUT2D eigenvalue weighted by Gasteiger charge is -2.13. The molecule has 2 aromatic rings. The summed E-state index contributed by atoms with van der Waals surface area (Å²) in [5.74, 6) is 0.152. The molecule has 0 aliphatic carbocycles. The van der Waals surface area contributed by atoms with Crippen molar-refractivity contribution in [3.05, 3.63) is 45.2 Å². The minimum Gasteiger partial charge on any atom is -0.378 e. The van der Waals surface area contributed by atoms with Crippen LogP contribution in [-0.2, 0) is 0 Å². The smallest absolute Gasteiger partial charge is 0.256 e. The van der Waals surface area contributed by atoms with Crippen LogP contribution in [0.25, 0.3) is 0 Å². The van der Waals surface area contributed by atoms with E-state index in [0.717, 1.165) is 5.69 Å². The number of hydrogen-bond donors (Lipinski definition) is 1. The van der Waals surface area contributed by atoms with Gasteiger partial charge in [-0.1, -0.05) is 6.07 Å². The van der Waals surface area contributed by atoms with Crippen molar-refractivity contribution < 1.29 is 4.79 Å². The molecule has 0 radical (unpaired) electrons. The molecule has 0 atom stereocenters. The van der Waals surface area contributed by atoms with Gasteiger partial charge in [0, 0.05) is 25.3 Å². The molecule has 5 nitrogen and oxygen atoms in total. The number of aromatic nitrogens is 2. The van der Waals surface area contributed by atoms with E-state index in [1.807, 2.05) is 37.2 Å². The van der Waals surface area contributed by atoms with Gasteiger partial charge in [-0.15, -0.1) is 0 Å². The summed E-state index contributed by atoms with van der Waals surface area (Å²) in [7, 11) is 3.85. The molecule has 104 valence electrons. The Labute approximate surface area is 133 Å². The Morgan fingerprint density at radius 2 is 2.05 bits per heavy atom. The molecule has 20 heavy (non-hydrogen) atoms. The highest BCUT2D eigenvalue weighted by molar-refractivity contribution is 9.11. The molecule has 1 aromatic carbocycles. The van der Waals surface area contributed by atoms with Gasteiger partial charge < -0.3 is 10.2 Å². The van der Waals surface area contributed by atoms with Gasteiger partial charge in [-0.05, 0) is 50.1 Å². The van der Waals surface area contributed by atoms with Crippen LogP contribution < -0.4 is 10.2 Å². The summed E-state index contributed by atoms with van der Waals surface area (Å²) in [6, 6.07) is 7.34. The summed E-state index contributed by atoms with van der Waals surface area (Å²) in [6.07, 6.45) is 1.52. The Balaban J connectivity index is 2.21. The van der Waals surface area contributed by atoms with Gasteiger partial charge in [0.05, 0.1) is 6.20 Å². The average Bonchev–Trinajstić information content (AvgIpc) is 2.42. The van der Waals surface area contributed by atoms with Crippen LogP contribution in [0.2, 0.25) is 0 Å². The molecule has 0 bridgehead atoms. The maximum atomic E-state index is 12.2. The zero-order valence-corrected chi connectivity index (χ0v) is 14.1. The van der Waals surface area contributed by atoms with Crippen molar-refractivity contribution in [1.82, 2.24) is 9.97 Å². The van der Waals surface area contributed by atoms with E-state index in [2.05, 4.69) is 47.1 Å². The van der Waals surface area contributed by atoms with Crippen LogP contribution in [0.5, 0.6) is 0 Å². The monoisotopic (exact) mass is 398 g/mol. The third-order valence-electron chi connectivity index (χ3n) is 2.56. The topological polar surface area (TPSA) is 58.1 Å². The van der Waals surface area contributed by atoms with E-state index in [1.54, 1.807) is 6.07 Å². The van der Waals surface area contributed by atoms with Gasteiger partial charge in [-0.3, -0.25) is 4.79 Å². The number of nitrogens with one attached hydrogen (secondary N) is 1. The molecule has 1 heterocycles. The van der Waals surface area contributed by atoms with Gasteiger partial charge in [-0.2, -0.15) is 0 Å². The van der Waals surface area contributed by atoms with Gasteiger partial charge in [0.15, 0.2) is 5.82 Å². The second-order valence-corrected chi connectivity index (χ2v) is 5.79. The van der Waals surface area contributed by atoms with Gasteiger partial charge in [0.2, 0.25) is 0 Å². The lowest BCUT2D eigenvalue weighted by Crippen LogP contribution is -2.15. The normalized spacial score (nSPS) is 10.2. The maximum Gasteiger partial charge on any atom is 0.256 e. The number of anilines is 2. The number of nitrogens with zero attached hydrogens (tertiary/aromatic N) is 3. The van der Waals surface area contributed by atoms with Crippen molar-refractivity contribution in [2.75, 3.05) is 24.3 Å². The quantitative estimate of drug-likeness (QED) is 0.859. The van der Waals surface area contributed by atoms with Crippen LogP contribution in [0.1, 0.15) is 10.4 Å². The first-order valence-electron chi connectivity index (χ1n) is 5.74. The van der Waals surface area contributed by atoms with E-state index in [-0.39, 0.29) is 5.91 Å². The molecule has 1 aromatic heterocycles. The van der Waals surface area contributed by atoms with Crippen molar-refractivity contribution in [2.24, 2.45) is 0 Å². The molecule has 2 rings (SSSR count). The lowest BCUT2D eigenvalue weighted by atomic mass is 10.2. The number of benzene rings is 1. The minimum atomic E-state index is -0.231. The molecule has 0 aliphatic rings. The average molecular weight is 400 g/mol. The van der Waals surface area contributed by atoms with Crippen LogP contribution in [-0.4, -0.2) is 30.0 Å². The molecule has 7 heteroatoms. The molecular formula is C13H12Br2N4O. The van der Waals surface area contributed by atoms with Crippen molar-refractivity contribution >= 4 is 49.3 Å². The first-order chi connectivity index (χ1) is 9.47. The van der Waals surface area contributed by atoms with E-state index in [1.165, 1.54) is 6.20 Å². The van der Waals surface area contributed by atoms with Crippen molar-refractivity contribution in [3.63, 3.8) is 0 Å². The molecule has 1 N–H and O–H groups in total.